The topological polar surface area (TPSA) is 26.0 Å². The normalized spacial score (nSPS) is 17.8. The van der Waals surface area contributed by atoms with E-state index in [1.54, 1.807) is 0 Å². The van der Waals surface area contributed by atoms with Gasteiger partial charge in [0, 0.05) is 21.2 Å². The lowest BCUT2D eigenvalue weighted by Gasteiger charge is -2.15. The van der Waals surface area contributed by atoms with Crippen LogP contribution in [0.25, 0.3) is 0 Å². The summed E-state index contributed by atoms with van der Waals surface area (Å²) in [7, 11) is 0. The van der Waals surface area contributed by atoms with Crippen molar-refractivity contribution < 1.29 is 0 Å². The minimum absolute atomic E-state index is 0.278. The second kappa shape index (κ2) is 7.70. The molecule has 0 amide bonds. The smallest absolute Gasteiger partial charge is 0.0178 e. The lowest BCUT2D eigenvalue weighted by molar-refractivity contribution is 0.622. The third-order valence-corrected chi connectivity index (χ3v) is 5.82. The predicted octanol–water partition coefficient (Wildman–Crippen LogP) is 5.01. The van der Waals surface area contributed by atoms with E-state index in [9.17, 15) is 0 Å². The average molecular weight is 342 g/mol. The van der Waals surface area contributed by atoms with Crippen LogP contribution in [0.4, 0.5) is 0 Å². The molecule has 106 valence electrons. The zero-order valence-electron chi connectivity index (χ0n) is 11.7. The fraction of sp³-hybridized carbons (Fsp3) is 0.625. The maximum Gasteiger partial charge on any atom is 0.0178 e. The van der Waals surface area contributed by atoms with Crippen LogP contribution in [-0.4, -0.2) is 11.8 Å². The molecule has 1 aromatic rings. The van der Waals surface area contributed by atoms with Crippen molar-refractivity contribution in [3.8, 4) is 0 Å². The minimum Gasteiger partial charge on any atom is -0.327 e. The molecule has 3 heteroatoms. The van der Waals surface area contributed by atoms with Gasteiger partial charge in [-0.25, -0.2) is 0 Å². The van der Waals surface area contributed by atoms with Crippen LogP contribution in [0.2, 0.25) is 0 Å². The van der Waals surface area contributed by atoms with Gasteiger partial charge in [0.2, 0.25) is 0 Å². The molecule has 1 fully saturated rings. The third kappa shape index (κ3) is 4.80. The fourth-order valence-corrected chi connectivity index (χ4v) is 4.31. The van der Waals surface area contributed by atoms with Crippen molar-refractivity contribution in [2.45, 2.75) is 56.4 Å². The summed E-state index contributed by atoms with van der Waals surface area (Å²) in [6, 6.07) is 6.92. The predicted molar refractivity (Wildman–Crippen MR) is 88.8 cm³/mol. The molecule has 1 aliphatic carbocycles. The van der Waals surface area contributed by atoms with E-state index in [2.05, 4.69) is 41.1 Å². The van der Waals surface area contributed by atoms with E-state index >= 15 is 0 Å². The van der Waals surface area contributed by atoms with Crippen molar-refractivity contribution in [1.82, 2.24) is 0 Å². The zero-order valence-corrected chi connectivity index (χ0v) is 14.1. The molecule has 0 heterocycles. The van der Waals surface area contributed by atoms with E-state index in [1.165, 1.54) is 41.9 Å². The maximum absolute atomic E-state index is 6.12. The first-order valence-corrected chi connectivity index (χ1v) is 9.13. The van der Waals surface area contributed by atoms with Crippen molar-refractivity contribution in [2.24, 2.45) is 11.7 Å². The summed E-state index contributed by atoms with van der Waals surface area (Å²) in [4.78, 5) is 1.43. The van der Waals surface area contributed by atoms with Gasteiger partial charge in [-0.1, -0.05) is 35.7 Å². The zero-order chi connectivity index (χ0) is 13.7. The van der Waals surface area contributed by atoms with Gasteiger partial charge >= 0.3 is 0 Å². The Kier molecular flexibility index (Phi) is 6.24. The number of hydrogen-bond acceptors (Lipinski definition) is 2. The standard InChI is InChI=1S/C16H24BrNS/c1-2-15(18)10-13-9-14(17)7-8-16(13)19-11-12-5-3-4-6-12/h7-9,12,15H,2-6,10-11,18H2,1H3. The molecule has 1 nitrogen and oxygen atoms in total. The Bertz CT molecular complexity index is 402. The first kappa shape index (κ1) is 15.4. The lowest BCUT2D eigenvalue weighted by atomic mass is 10.1. The highest BCUT2D eigenvalue weighted by atomic mass is 79.9. The highest BCUT2D eigenvalue weighted by Crippen LogP contribution is 2.33. The second-order valence-corrected chi connectivity index (χ2v) is 7.56. The van der Waals surface area contributed by atoms with E-state index in [1.807, 2.05) is 11.8 Å². The number of halogens is 1. The summed E-state index contributed by atoms with van der Waals surface area (Å²) >= 11 is 5.60. The molecule has 0 aliphatic heterocycles. The van der Waals surface area contributed by atoms with E-state index in [4.69, 9.17) is 5.73 Å². The molecule has 2 rings (SSSR count). The number of rotatable bonds is 6. The molecule has 1 atom stereocenters. The van der Waals surface area contributed by atoms with E-state index in [-0.39, 0.29) is 6.04 Å². The SMILES string of the molecule is CCC(N)Cc1cc(Br)ccc1SCC1CCCC1. The largest absolute Gasteiger partial charge is 0.327 e. The van der Waals surface area contributed by atoms with Crippen molar-refractivity contribution in [1.29, 1.82) is 0 Å². The van der Waals surface area contributed by atoms with E-state index in [0.29, 0.717) is 0 Å². The highest BCUT2D eigenvalue weighted by Gasteiger charge is 2.16. The molecular weight excluding hydrogens is 318 g/mol. The molecule has 2 N–H and O–H groups in total. The Balaban J connectivity index is 2.00. The van der Waals surface area contributed by atoms with Gasteiger partial charge in [-0.15, -0.1) is 11.8 Å². The molecule has 1 saturated carbocycles. The Hall–Kier alpha value is 0.01000. The van der Waals surface area contributed by atoms with Crippen LogP contribution in [0, 0.1) is 5.92 Å². The number of benzene rings is 1. The first-order valence-electron chi connectivity index (χ1n) is 7.36. The molecule has 0 aromatic heterocycles. The van der Waals surface area contributed by atoms with Gasteiger partial charge in [-0.2, -0.15) is 0 Å². The van der Waals surface area contributed by atoms with Gasteiger partial charge in [0.05, 0.1) is 0 Å². The van der Waals surface area contributed by atoms with Gasteiger partial charge in [-0.05, 0) is 55.4 Å². The maximum atomic E-state index is 6.12. The van der Waals surface area contributed by atoms with Crippen LogP contribution in [0.15, 0.2) is 27.6 Å². The Morgan fingerprint density at radius 1 is 1.37 bits per heavy atom. The van der Waals surface area contributed by atoms with Gasteiger partial charge < -0.3 is 5.73 Å². The number of hydrogen-bond donors (Lipinski definition) is 1. The Morgan fingerprint density at radius 3 is 2.79 bits per heavy atom. The van der Waals surface area contributed by atoms with Gasteiger partial charge in [0.15, 0.2) is 0 Å². The van der Waals surface area contributed by atoms with Gasteiger partial charge in [-0.3, -0.25) is 0 Å². The average Bonchev–Trinajstić information content (AvgIpc) is 2.91. The molecule has 0 spiro atoms. The van der Waals surface area contributed by atoms with Crippen LogP contribution in [0.5, 0.6) is 0 Å². The van der Waals surface area contributed by atoms with Crippen LogP contribution >= 0.6 is 27.7 Å². The van der Waals surface area contributed by atoms with Crippen LogP contribution in [0.1, 0.15) is 44.6 Å². The number of nitrogens with two attached hydrogens (primary N) is 1. The van der Waals surface area contributed by atoms with Crippen molar-refractivity contribution in [2.75, 3.05) is 5.75 Å². The quantitative estimate of drug-likeness (QED) is 0.735. The molecule has 1 aliphatic rings. The molecule has 0 saturated heterocycles. The van der Waals surface area contributed by atoms with E-state index in [0.717, 1.165) is 23.2 Å². The van der Waals surface area contributed by atoms with Crippen LogP contribution in [0.3, 0.4) is 0 Å². The van der Waals surface area contributed by atoms with Gasteiger partial charge in [0.1, 0.15) is 0 Å². The Labute approximate surface area is 129 Å². The summed E-state index contributed by atoms with van der Waals surface area (Å²) in [6.45, 7) is 2.16. The van der Waals surface area contributed by atoms with Gasteiger partial charge in [0.25, 0.3) is 0 Å². The molecule has 0 bridgehead atoms. The monoisotopic (exact) mass is 341 g/mol. The molecule has 1 aromatic carbocycles. The van der Waals surface area contributed by atoms with Crippen LogP contribution in [-0.2, 0) is 6.42 Å². The lowest BCUT2D eigenvalue weighted by Crippen LogP contribution is -2.21. The first-order chi connectivity index (χ1) is 9.19. The summed E-state index contributed by atoms with van der Waals surface area (Å²) in [5, 5.41) is 0. The minimum atomic E-state index is 0.278. The number of thioether (sulfide) groups is 1. The summed E-state index contributed by atoms with van der Waals surface area (Å²) in [6.07, 6.45) is 7.74. The summed E-state index contributed by atoms with van der Waals surface area (Å²) in [5.74, 6) is 2.21. The van der Waals surface area contributed by atoms with Crippen molar-refractivity contribution >= 4 is 27.7 Å². The molecule has 19 heavy (non-hydrogen) atoms. The summed E-state index contributed by atoms with van der Waals surface area (Å²) in [5.41, 5.74) is 7.53. The van der Waals surface area contributed by atoms with Crippen molar-refractivity contribution in [3.05, 3.63) is 28.2 Å². The van der Waals surface area contributed by atoms with E-state index < -0.39 is 0 Å². The highest BCUT2D eigenvalue weighted by molar-refractivity contribution is 9.10. The third-order valence-electron chi connectivity index (χ3n) is 3.98. The van der Waals surface area contributed by atoms with Crippen LogP contribution < -0.4 is 5.73 Å². The molecule has 1 unspecified atom stereocenters. The Morgan fingerprint density at radius 2 is 2.11 bits per heavy atom. The molecule has 0 radical (unpaired) electrons. The fourth-order valence-electron chi connectivity index (χ4n) is 2.66. The summed E-state index contributed by atoms with van der Waals surface area (Å²) < 4.78 is 1.16. The van der Waals surface area contributed by atoms with Crippen molar-refractivity contribution in [3.63, 3.8) is 0 Å². The molecular formula is C16H24BrNS. The second-order valence-electron chi connectivity index (χ2n) is 5.59.